The summed E-state index contributed by atoms with van der Waals surface area (Å²) in [7, 11) is 1.77. The number of morpholine rings is 1. The minimum absolute atomic E-state index is 0.615. The van der Waals surface area contributed by atoms with Crippen LogP contribution < -0.4 is 10.6 Å². The highest BCUT2D eigenvalue weighted by Crippen LogP contribution is 2.10. The lowest BCUT2D eigenvalue weighted by Crippen LogP contribution is -2.36. The van der Waals surface area contributed by atoms with Crippen LogP contribution in [0.25, 0.3) is 0 Å². The zero-order chi connectivity index (χ0) is 17.3. The topological polar surface area (TPSA) is 62.0 Å². The number of aliphatic imine (C=N–C) groups is 1. The molecule has 25 heavy (non-hydrogen) atoms. The van der Waals surface area contributed by atoms with Crippen molar-refractivity contribution < 1.29 is 9.15 Å². The Kier molecular flexibility index (Phi) is 6.48. The van der Waals surface area contributed by atoms with Crippen LogP contribution in [0.1, 0.15) is 16.9 Å². The molecule has 2 aromatic rings. The van der Waals surface area contributed by atoms with Crippen molar-refractivity contribution in [2.24, 2.45) is 4.99 Å². The van der Waals surface area contributed by atoms with E-state index in [1.807, 2.05) is 12.1 Å². The van der Waals surface area contributed by atoms with Crippen molar-refractivity contribution in [3.8, 4) is 0 Å². The molecule has 6 nitrogen and oxygen atoms in total. The van der Waals surface area contributed by atoms with Gasteiger partial charge in [0.15, 0.2) is 5.96 Å². The van der Waals surface area contributed by atoms with E-state index in [1.54, 1.807) is 13.3 Å². The van der Waals surface area contributed by atoms with Gasteiger partial charge < -0.3 is 19.8 Å². The predicted molar refractivity (Wildman–Crippen MR) is 98.3 cm³/mol. The molecule has 2 heterocycles. The van der Waals surface area contributed by atoms with E-state index in [-0.39, 0.29) is 0 Å². The van der Waals surface area contributed by atoms with Crippen molar-refractivity contribution in [3.63, 3.8) is 0 Å². The maximum absolute atomic E-state index is 5.41. The van der Waals surface area contributed by atoms with Gasteiger partial charge in [-0.15, -0.1) is 0 Å². The maximum atomic E-state index is 5.41. The number of hydrogen-bond donors (Lipinski definition) is 2. The van der Waals surface area contributed by atoms with Crippen LogP contribution in [0.3, 0.4) is 0 Å². The smallest absolute Gasteiger partial charge is 0.191 e. The molecule has 1 aliphatic heterocycles. The first-order valence-electron chi connectivity index (χ1n) is 8.68. The summed E-state index contributed by atoms with van der Waals surface area (Å²) in [5, 5.41) is 6.59. The Hall–Kier alpha value is -2.31. The Labute approximate surface area is 148 Å². The molecule has 1 aromatic carbocycles. The summed E-state index contributed by atoms with van der Waals surface area (Å²) in [6, 6.07) is 12.5. The number of benzene rings is 1. The summed E-state index contributed by atoms with van der Waals surface area (Å²) in [4.78, 5) is 6.68. The molecule has 0 unspecified atom stereocenters. The van der Waals surface area contributed by atoms with E-state index in [0.29, 0.717) is 6.54 Å². The normalized spacial score (nSPS) is 16.0. The molecule has 0 saturated carbocycles. The molecule has 0 amide bonds. The highest BCUT2D eigenvalue weighted by molar-refractivity contribution is 5.79. The predicted octanol–water partition coefficient (Wildman–Crippen LogP) is 1.98. The van der Waals surface area contributed by atoms with Crippen LogP contribution in [0, 0.1) is 0 Å². The molecule has 0 aliphatic carbocycles. The third-order valence-corrected chi connectivity index (χ3v) is 4.20. The average Bonchev–Trinajstić information content (AvgIpc) is 3.17. The van der Waals surface area contributed by atoms with Crippen LogP contribution in [0.4, 0.5) is 0 Å². The first kappa shape index (κ1) is 17.5. The second kappa shape index (κ2) is 9.25. The Morgan fingerprint density at radius 1 is 1.08 bits per heavy atom. The second-order valence-corrected chi connectivity index (χ2v) is 6.07. The van der Waals surface area contributed by atoms with E-state index in [1.165, 1.54) is 11.1 Å². The summed E-state index contributed by atoms with van der Waals surface area (Å²) >= 11 is 0. The number of guanidine groups is 1. The molecule has 0 atom stereocenters. The van der Waals surface area contributed by atoms with Crippen molar-refractivity contribution in [1.29, 1.82) is 0 Å². The van der Waals surface area contributed by atoms with Crippen LogP contribution >= 0.6 is 0 Å². The van der Waals surface area contributed by atoms with Crippen molar-refractivity contribution in [3.05, 3.63) is 59.5 Å². The highest BCUT2D eigenvalue weighted by atomic mass is 16.5. The Bertz CT molecular complexity index is 664. The molecule has 1 aromatic heterocycles. The Morgan fingerprint density at radius 2 is 1.88 bits per heavy atom. The van der Waals surface area contributed by atoms with Gasteiger partial charge in [0, 0.05) is 33.2 Å². The van der Waals surface area contributed by atoms with Gasteiger partial charge in [-0.25, -0.2) is 0 Å². The van der Waals surface area contributed by atoms with E-state index in [0.717, 1.165) is 51.1 Å². The molecular formula is C19H26N4O2. The van der Waals surface area contributed by atoms with Crippen molar-refractivity contribution >= 4 is 5.96 Å². The lowest BCUT2D eigenvalue weighted by molar-refractivity contribution is 0.0342. The van der Waals surface area contributed by atoms with E-state index in [9.17, 15) is 0 Å². The van der Waals surface area contributed by atoms with Gasteiger partial charge in [-0.1, -0.05) is 24.3 Å². The molecule has 1 aliphatic rings. The van der Waals surface area contributed by atoms with Gasteiger partial charge in [-0.2, -0.15) is 0 Å². The fourth-order valence-electron chi connectivity index (χ4n) is 2.85. The molecule has 6 heteroatoms. The SMILES string of the molecule is CN=C(NCc1cccc(CN2CCOCC2)c1)NCc1ccco1. The summed E-state index contributed by atoms with van der Waals surface area (Å²) in [6.45, 7) is 6.00. The fourth-order valence-corrected chi connectivity index (χ4v) is 2.85. The molecule has 0 spiro atoms. The highest BCUT2D eigenvalue weighted by Gasteiger charge is 2.10. The quantitative estimate of drug-likeness (QED) is 0.621. The van der Waals surface area contributed by atoms with Gasteiger partial charge in [0.25, 0.3) is 0 Å². The number of furan rings is 1. The minimum atomic E-state index is 0.615. The van der Waals surface area contributed by atoms with E-state index >= 15 is 0 Å². The molecule has 3 rings (SSSR count). The van der Waals surface area contributed by atoms with Gasteiger partial charge in [0.2, 0.25) is 0 Å². The monoisotopic (exact) mass is 342 g/mol. The second-order valence-electron chi connectivity index (χ2n) is 6.07. The van der Waals surface area contributed by atoms with E-state index < -0.39 is 0 Å². The van der Waals surface area contributed by atoms with Crippen molar-refractivity contribution in [2.45, 2.75) is 19.6 Å². The number of nitrogens with one attached hydrogen (secondary N) is 2. The standard InChI is InChI=1S/C19H26N4O2/c1-20-19(22-14-18-6-3-9-25-18)21-13-16-4-2-5-17(12-16)15-23-7-10-24-11-8-23/h2-6,9,12H,7-8,10-11,13-15H2,1H3,(H2,20,21,22). The molecule has 2 N–H and O–H groups in total. The molecular weight excluding hydrogens is 316 g/mol. The lowest BCUT2D eigenvalue weighted by atomic mass is 10.1. The number of rotatable bonds is 6. The van der Waals surface area contributed by atoms with Crippen LogP contribution in [0.2, 0.25) is 0 Å². The van der Waals surface area contributed by atoms with Crippen LogP contribution in [0.5, 0.6) is 0 Å². The minimum Gasteiger partial charge on any atom is -0.467 e. The summed E-state index contributed by atoms with van der Waals surface area (Å²) < 4.78 is 10.7. The Morgan fingerprint density at radius 3 is 2.64 bits per heavy atom. The first-order chi connectivity index (χ1) is 12.3. The summed E-state index contributed by atoms with van der Waals surface area (Å²) in [5.74, 6) is 1.64. The largest absolute Gasteiger partial charge is 0.467 e. The fraction of sp³-hybridized carbons (Fsp3) is 0.421. The number of nitrogens with zero attached hydrogens (tertiary/aromatic N) is 2. The average molecular weight is 342 g/mol. The molecule has 1 fully saturated rings. The number of hydrogen-bond acceptors (Lipinski definition) is 4. The summed E-state index contributed by atoms with van der Waals surface area (Å²) in [5.41, 5.74) is 2.58. The molecule has 1 saturated heterocycles. The zero-order valence-corrected chi connectivity index (χ0v) is 14.7. The molecule has 0 radical (unpaired) electrons. The van der Waals surface area contributed by atoms with Gasteiger partial charge in [-0.3, -0.25) is 9.89 Å². The van der Waals surface area contributed by atoms with E-state index in [2.05, 4.69) is 44.8 Å². The van der Waals surface area contributed by atoms with Gasteiger partial charge >= 0.3 is 0 Å². The number of ether oxygens (including phenoxy) is 1. The summed E-state index contributed by atoms with van der Waals surface area (Å²) in [6.07, 6.45) is 1.67. The molecule has 134 valence electrons. The van der Waals surface area contributed by atoms with Crippen LogP contribution in [-0.4, -0.2) is 44.2 Å². The Balaban J connectivity index is 1.48. The first-order valence-corrected chi connectivity index (χ1v) is 8.68. The van der Waals surface area contributed by atoms with E-state index in [4.69, 9.17) is 9.15 Å². The zero-order valence-electron chi connectivity index (χ0n) is 14.7. The molecule has 0 bridgehead atoms. The third kappa shape index (κ3) is 5.62. The van der Waals surface area contributed by atoms with Crippen LogP contribution in [-0.2, 0) is 24.4 Å². The van der Waals surface area contributed by atoms with Crippen LogP contribution in [0.15, 0.2) is 52.1 Å². The van der Waals surface area contributed by atoms with Crippen molar-refractivity contribution in [1.82, 2.24) is 15.5 Å². The van der Waals surface area contributed by atoms with Gasteiger partial charge in [-0.05, 0) is 23.3 Å². The van der Waals surface area contributed by atoms with Crippen molar-refractivity contribution in [2.75, 3.05) is 33.4 Å². The lowest BCUT2D eigenvalue weighted by Gasteiger charge is -2.26. The third-order valence-electron chi connectivity index (χ3n) is 4.20. The maximum Gasteiger partial charge on any atom is 0.191 e. The van der Waals surface area contributed by atoms with Gasteiger partial charge in [0.05, 0.1) is 26.0 Å². The van der Waals surface area contributed by atoms with Gasteiger partial charge in [0.1, 0.15) is 5.76 Å².